The van der Waals surface area contributed by atoms with Crippen LogP contribution in [0, 0.1) is 13.8 Å². The van der Waals surface area contributed by atoms with Gasteiger partial charge in [0.25, 0.3) is 5.56 Å². The number of hydrogen-bond acceptors (Lipinski definition) is 5. The van der Waals surface area contributed by atoms with Crippen molar-refractivity contribution in [3.05, 3.63) is 55.9 Å². The van der Waals surface area contributed by atoms with Gasteiger partial charge in [0.15, 0.2) is 0 Å². The van der Waals surface area contributed by atoms with E-state index in [9.17, 15) is 4.79 Å². The lowest BCUT2D eigenvalue weighted by atomic mass is 10.2. The summed E-state index contributed by atoms with van der Waals surface area (Å²) in [5, 5.41) is 1.27. The molecule has 7 heteroatoms. The molecule has 28 heavy (non-hydrogen) atoms. The van der Waals surface area contributed by atoms with E-state index in [0.717, 1.165) is 53.8 Å². The second kappa shape index (κ2) is 7.95. The number of rotatable bonds is 4. The van der Waals surface area contributed by atoms with Crippen molar-refractivity contribution in [2.24, 2.45) is 0 Å². The Morgan fingerprint density at radius 3 is 2.46 bits per heavy atom. The predicted octanol–water partition coefficient (Wildman–Crippen LogP) is 3.85. The molecule has 1 aliphatic rings. The Morgan fingerprint density at radius 1 is 1.11 bits per heavy atom. The molecule has 1 saturated heterocycles. The number of nitrogens with zero attached hydrogens (tertiary/aromatic N) is 4. The molecule has 2 aromatic heterocycles. The van der Waals surface area contributed by atoms with Crippen LogP contribution in [0.15, 0.2) is 29.1 Å². The summed E-state index contributed by atoms with van der Waals surface area (Å²) in [6.07, 6.45) is 0. The Hall–Kier alpha value is -1.73. The van der Waals surface area contributed by atoms with E-state index in [1.807, 2.05) is 38.1 Å². The number of likely N-dealkylation sites (N-methyl/N-ethyl adjacent to an activating group) is 1. The smallest absolute Gasteiger partial charge is 0.267 e. The molecule has 0 spiro atoms. The monoisotopic (exact) mass is 416 g/mol. The quantitative estimate of drug-likeness (QED) is 0.647. The van der Waals surface area contributed by atoms with Crippen LogP contribution in [0.5, 0.6) is 0 Å². The van der Waals surface area contributed by atoms with Gasteiger partial charge in [0, 0.05) is 31.1 Å². The van der Waals surface area contributed by atoms with Crippen LogP contribution in [0.2, 0.25) is 5.02 Å². The summed E-state index contributed by atoms with van der Waals surface area (Å²) in [6.45, 7) is 12.0. The molecule has 0 bridgehead atoms. The Balaban J connectivity index is 1.84. The van der Waals surface area contributed by atoms with Crippen LogP contribution in [0.4, 0.5) is 0 Å². The molecular formula is C21H25ClN4OS. The van der Waals surface area contributed by atoms with Gasteiger partial charge in [-0.1, -0.05) is 30.7 Å². The van der Waals surface area contributed by atoms with Gasteiger partial charge in [-0.05, 0) is 38.1 Å². The van der Waals surface area contributed by atoms with Crippen molar-refractivity contribution in [1.29, 1.82) is 0 Å². The number of hydrogen-bond donors (Lipinski definition) is 0. The number of benzene rings is 1. The molecular weight excluding hydrogens is 392 g/mol. The van der Waals surface area contributed by atoms with Crippen molar-refractivity contribution in [2.75, 3.05) is 32.7 Å². The minimum absolute atomic E-state index is 0.0258. The molecule has 0 saturated carbocycles. The highest BCUT2D eigenvalue weighted by molar-refractivity contribution is 7.18. The topological polar surface area (TPSA) is 41.4 Å². The summed E-state index contributed by atoms with van der Waals surface area (Å²) >= 11 is 8.07. The summed E-state index contributed by atoms with van der Waals surface area (Å²) in [6, 6.07) is 7.51. The van der Waals surface area contributed by atoms with E-state index < -0.39 is 0 Å². The Bertz CT molecular complexity index is 1070. The maximum atomic E-state index is 13.5. The standard InChI is InChI=1S/C21H25ClN4OS/c1-4-24-9-11-25(12-10-24)13-18-23-20-19(14(2)15(3)28-20)21(27)26(18)17-8-6-5-7-16(17)22/h5-8H,4,9-13H2,1-3H3. The number of aromatic nitrogens is 2. The van der Waals surface area contributed by atoms with E-state index in [0.29, 0.717) is 22.6 Å². The zero-order valence-corrected chi connectivity index (χ0v) is 18.1. The largest absolute Gasteiger partial charge is 0.301 e. The molecule has 0 atom stereocenters. The first-order valence-corrected chi connectivity index (χ1v) is 10.9. The molecule has 3 aromatic rings. The van der Waals surface area contributed by atoms with Gasteiger partial charge in [-0.2, -0.15) is 0 Å². The first kappa shape index (κ1) is 19.6. The fourth-order valence-corrected chi connectivity index (χ4v) is 5.05. The maximum Gasteiger partial charge on any atom is 0.267 e. The van der Waals surface area contributed by atoms with Gasteiger partial charge in [0.05, 0.1) is 22.6 Å². The molecule has 0 amide bonds. The van der Waals surface area contributed by atoms with E-state index in [1.165, 1.54) is 0 Å². The molecule has 1 fully saturated rings. The van der Waals surface area contributed by atoms with Crippen molar-refractivity contribution in [2.45, 2.75) is 27.3 Å². The summed E-state index contributed by atoms with van der Waals surface area (Å²) in [5.41, 5.74) is 1.69. The average Bonchev–Trinajstić information content (AvgIpc) is 2.97. The molecule has 1 aliphatic heterocycles. The lowest BCUT2D eigenvalue weighted by Gasteiger charge is -2.34. The minimum atomic E-state index is -0.0258. The van der Waals surface area contributed by atoms with Crippen LogP contribution in [0.25, 0.3) is 15.9 Å². The van der Waals surface area contributed by atoms with Crippen molar-refractivity contribution >= 4 is 33.2 Å². The fourth-order valence-electron chi connectivity index (χ4n) is 3.79. The zero-order valence-electron chi connectivity index (χ0n) is 16.5. The number of aryl methyl sites for hydroxylation is 2. The Morgan fingerprint density at radius 2 is 1.79 bits per heavy atom. The first-order valence-electron chi connectivity index (χ1n) is 9.70. The maximum absolute atomic E-state index is 13.5. The number of piperazine rings is 1. The molecule has 1 aromatic carbocycles. The lowest BCUT2D eigenvalue weighted by Crippen LogP contribution is -2.46. The Kier molecular flexibility index (Phi) is 5.56. The van der Waals surface area contributed by atoms with E-state index in [2.05, 4.69) is 16.7 Å². The normalized spacial score (nSPS) is 16.1. The summed E-state index contributed by atoms with van der Waals surface area (Å²) in [5.74, 6) is 0.761. The summed E-state index contributed by atoms with van der Waals surface area (Å²) in [7, 11) is 0. The second-order valence-corrected chi connectivity index (χ2v) is 8.90. The van der Waals surface area contributed by atoms with Crippen LogP contribution in [-0.2, 0) is 6.54 Å². The SMILES string of the molecule is CCN1CCN(Cc2nc3sc(C)c(C)c3c(=O)n2-c2ccccc2Cl)CC1. The highest BCUT2D eigenvalue weighted by Gasteiger charge is 2.22. The highest BCUT2D eigenvalue weighted by atomic mass is 35.5. The predicted molar refractivity (Wildman–Crippen MR) is 117 cm³/mol. The third kappa shape index (κ3) is 3.50. The van der Waals surface area contributed by atoms with Gasteiger partial charge in [-0.15, -0.1) is 11.3 Å². The van der Waals surface area contributed by atoms with E-state index >= 15 is 0 Å². The van der Waals surface area contributed by atoms with Crippen LogP contribution in [0.1, 0.15) is 23.2 Å². The molecule has 0 radical (unpaired) electrons. The molecule has 4 rings (SSSR count). The zero-order chi connectivity index (χ0) is 19.8. The van der Waals surface area contributed by atoms with Crippen LogP contribution >= 0.6 is 22.9 Å². The molecule has 148 valence electrons. The van der Waals surface area contributed by atoms with Crippen molar-refractivity contribution in [3.8, 4) is 5.69 Å². The van der Waals surface area contributed by atoms with E-state index in [4.69, 9.17) is 16.6 Å². The van der Waals surface area contributed by atoms with Crippen molar-refractivity contribution in [1.82, 2.24) is 19.4 Å². The molecule has 0 aliphatic carbocycles. The van der Waals surface area contributed by atoms with Crippen molar-refractivity contribution < 1.29 is 0 Å². The van der Waals surface area contributed by atoms with Crippen molar-refractivity contribution in [3.63, 3.8) is 0 Å². The van der Waals surface area contributed by atoms with Gasteiger partial charge in [-0.25, -0.2) is 4.98 Å². The molecule has 5 nitrogen and oxygen atoms in total. The van der Waals surface area contributed by atoms with Crippen LogP contribution in [0.3, 0.4) is 0 Å². The number of para-hydroxylation sites is 1. The van der Waals surface area contributed by atoms with E-state index in [1.54, 1.807) is 15.9 Å². The minimum Gasteiger partial charge on any atom is -0.301 e. The van der Waals surface area contributed by atoms with Gasteiger partial charge in [-0.3, -0.25) is 14.3 Å². The number of halogens is 1. The lowest BCUT2D eigenvalue weighted by molar-refractivity contribution is 0.129. The van der Waals surface area contributed by atoms with Gasteiger partial charge in [0.2, 0.25) is 0 Å². The highest BCUT2D eigenvalue weighted by Crippen LogP contribution is 2.28. The third-order valence-corrected chi connectivity index (χ3v) is 7.06. The average molecular weight is 417 g/mol. The van der Waals surface area contributed by atoms with Gasteiger partial charge < -0.3 is 4.90 Å². The van der Waals surface area contributed by atoms with Crippen LogP contribution < -0.4 is 5.56 Å². The first-order chi connectivity index (χ1) is 13.5. The molecule has 0 N–H and O–H groups in total. The number of fused-ring (bicyclic) bond motifs is 1. The van der Waals surface area contributed by atoms with E-state index in [-0.39, 0.29) is 5.56 Å². The second-order valence-electron chi connectivity index (χ2n) is 7.29. The molecule has 0 unspecified atom stereocenters. The number of thiophene rings is 1. The Labute approximate surface area is 174 Å². The summed E-state index contributed by atoms with van der Waals surface area (Å²) in [4.78, 5) is 25.2. The molecule has 3 heterocycles. The fraction of sp³-hybridized carbons (Fsp3) is 0.429. The third-order valence-electron chi connectivity index (χ3n) is 5.64. The van der Waals surface area contributed by atoms with Gasteiger partial charge >= 0.3 is 0 Å². The van der Waals surface area contributed by atoms with Crippen LogP contribution in [-0.4, -0.2) is 52.1 Å². The summed E-state index contributed by atoms with van der Waals surface area (Å²) < 4.78 is 1.72. The van der Waals surface area contributed by atoms with Gasteiger partial charge in [0.1, 0.15) is 10.7 Å².